The lowest BCUT2D eigenvalue weighted by Gasteiger charge is -2.35. The van der Waals surface area contributed by atoms with Gasteiger partial charge in [0.05, 0.1) is 25.5 Å². The van der Waals surface area contributed by atoms with Crippen molar-refractivity contribution in [2.24, 2.45) is 4.99 Å². The Morgan fingerprint density at radius 1 is 1.12 bits per heavy atom. The monoisotopic (exact) mass is 480 g/mol. The molecular weight excluding hydrogens is 444 g/mol. The van der Waals surface area contributed by atoms with Crippen molar-refractivity contribution in [1.29, 1.82) is 0 Å². The van der Waals surface area contributed by atoms with Crippen LogP contribution in [0.15, 0.2) is 41.4 Å². The molecule has 2 atom stereocenters. The van der Waals surface area contributed by atoms with Crippen LogP contribution >= 0.6 is 11.8 Å². The van der Waals surface area contributed by atoms with Crippen molar-refractivity contribution in [3.05, 3.63) is 58.7 Å². The summed E-state index contributed by atoms with van der Waals surface area (Å²) < 4.78 is 11.6. The maximum atomic E-state index is 13.1. The van der Waals surface area contributed by atoms with Crippen LogP contribution in [0.5, 0.6) is 11.5 Å². The summed E-state index contributed by atoms with van der Waals surface area (Å²) in [6, 6.07) is 12.8. The van der Waals surface area contributed by atoms with E-state index in [2.05, 4.69) is 39.8 Å². The lowest BCUT2D eigenvalue weighted by molar-refractivity contribution is 0.0643. The van der Waals surface area contributed by atoms with Crippen LogP contribution in [0.4, 0.5) is 0 Å². The second-order valence-corrected chi connectivity index (χ2v) is 10.7. The number of carbonyl (C=O) groups excluding carboxylic acids is 1. The van der Waals surface area contributed by atoms with E-state index in [1.165, 1.54) is 5.56 Å². The Balaban J connectivity index is 1.74. The second-order valence-electron chi connectivity index (χ2n) is 9.52. The Bertz CT molecular complexity index is 1050. The van der Waals surface area contributed by atoms with Gasteiger partial charge in [-0.3, -0.25) is 9.79 Å². The van der Waals surface area contributed by atoms with Gasteiger partial charge in [-0.15, -0.1) is 0 Å². The number of thioether (sulfide) groups is 1. The first-order chi connectivity index (χ1) is 16.3. The summed E-state index contributed by atoms with van der Waals surface area (Å²) in [4.78, 5) is 20.3. The number of carbonyl (C=O) groups is 1. The molecule has 6 heteroatoms. The number of methoxy groups -OCH3 is 1. The molecule has 2 aromatic carbocycles. The second kappa shape index (κ2) is 10.4. The molecular formula is C28H36N2O3S. The Morgan fingerprint density at radius 3 is 2.44 bits per heavy atom. The first kappa shape index (κ1) is 24.6. The van der Waals surface area contributed by atoms with Crippen molar-refractivity contribution in [2.45, 2.75) is 65.1 Å². The van der Waals surface area contributed by atoms with Crippen LogP contribution in [0.3, 0.4) is 0 Å². The predicted molar refractivity (Wildman–Crippen MR) is 141 cm³/mol. The van der Waals surface area contributed by atoms with Crippen LogP contribution in [0.25, 0.3) is 0 Å². The van der Waals surface area contributed by atoms with E-state index in [1.54, 1.807) is 7.11 Å². The molecule has 0 N–H and O–H groups in total. The van der Waals surface area contributed by atoms with Crippen molar-refractivity contribution in [2.75, 3.05) is 25.2 Å². The van der Waals surface area contributed by atoms with Crippen molar-refractivity contribution < 1.29 is 14.3 Å². The largest absolute Gasteiger partial charge is 0.493 e. The van der Waals surface area contributed by atoms with E-state index in [0.717, 1.165) is 46.3 Å². The molecule has 4 rings (SSSR count). The van der Waals surface area contributed by atoms with Crippen LogP contribution in [0.2, 0.25) is 0 Å². The molecule has 0 bridgehead atoms. The number of aliphatic imine (C=N–C) groups is 1. The zero-order valence-corrected chi connectivity index (χ0v) is 21.9. The molecule has 0 aromatic heterocycles. The van der Waals surface area contributed by atoms with E-state index >= 15 is 0 Å². The standard InChI is InChI=1S/C28H36N2O3S/c1-7-33-26-14-21-22(15-25(26)32-6)27(29-24-12-13-34-16-23(21)24)19-8-10-20(11-9-19)28(31)30(17(2)3)18(4)5/h8-11,14-15,17-18,23-24H,7,12-13,16H2,1-6H3/t23-,24-/m1/s1. The predicted octanol–water partition coefficient (Wildman–Crippen LogP) is 5.79. The first-order valence-electron chi connectivity index (χ1n) is 12.3. The molecule has 0 saturated carbocycles. The highest BCUT2D eigenvalue weighted by molar-refractivity contribution is 7.99. The molecule has 182 valence electrons. The Kier molecular flexibility index (Phi) is 7.56. The number of rotatable bonds is 7. The summed E-state index contributed by atoms with van der Waals surface area (Å²) >= 11 is 2.00. The van der Waals surface area contributed by atoms with Gasteiger partial charge in [-0.1, -0.05) is 12.1 Å². The molecule has 1 fully saturated rings. The van der Waals surface area contributed by atoms with Gasteiger partial charge in [0.15, 0.2) is 11.5 Å². The highest BCUT2D eigenvalue weighted by Gasteiger charge is 2.35. The van der Waals surface area contributed by atoms with E-state index in [1.807, 2.05) is 47.9 Å². The van der Waals surface area contributed by atoms with Crippen LogP contribution in [-0.4, -0.2) is 59.9 Å². The molecule has 0 radical (unpaired) electrons. The number of benzene rings is 2. The molecule has 34 heavy (non-hydrogen) atoms. The highest BCUT2D eigenvalue weighted by Crippen LogP contribution is 2.44. The molecule has 2 heterocycles. The van der Waals surface area contributed by atoms with Gasteiger partial charge in [0.25, 0.3) is 5.91 Å². The van der Waals surface area contributed by atoms with Crippen molar-refractivity contribution in [1.82, 2.24) is 4.90 Å². The lowest BCUT2D eigenvalue weighted by atomic mass is 9.81. The fourth-order valence-corrected chi connectivity index (χ4v) is 6.37. The summed E-state index contributed by atoms with van der Waals surface area (Å²) in [5, 5.41) is 0. The molecule has 5 nitrogen and oxygen atoms in total. The fourth-order valence-electron chi connectivity index (χ4n) is 5.14. The molecule has 1 saturated heterocycles. The quantitative estimate of drug-likeness (QED) is 0.503. The summed E-state index contributed by atoms with van der Waals surface area (Å²) in [5.41, 5.74) is 5.11. The highest BCUT2D eigenvalue weighted by atomic mass is 32.2. The minimum absolute atomic E-state index is 0.0647. The van der Waals surface area contributed by atoms with E-state index in [0.29, 0.717) is 18.1 Å². The minimum Gasteiger partial charge on any atom is -0.493 e. The number of hydrogen-bond donors (Lipinski definition) is 0. The van der Waals surface area contributed by atoms with Gasteiger partial charge in [-0.2, -0.15) is 11.8 Å². The summed E-state index contributed by atoms with van der Waals surface area (Å²) in [5.74, 6) is 4.17. The smallest absolute Gasteiger partial charge is 0.254 e. The number of nitrogens with zero attached hydrogens (tertiary/aromatic N) is 2. The molecule has 0 spiro atoms. The third-order valence-electron chi connectivity index (χ3n) is 6.66. The van der Waals surface area contributed by atoms with Gasteiger partial charge >= 0.3 is 0 Å². The van der Waals surface area contributed by atoms with Gasteiger partial charge in [0.2, 0.25) is 0 Å². The van der Waals surface area contributed by atoms with E-state index in [9.17, 15) is 4.79 Å². The summed E-state index contributed by atoms with van der Waals surface area (Å²) in [6.45, 7) is 10.8. The van der Waals surface area contributed by atoms with E-state index < -0.39 is 0 Å². The van der Waals surface area contributed by atoms with Crippen molar-refractivity contribution >= 4 is 23.4 Å². The topological polar surface area (TPSA) is 51.1 Å². The average Bonchev–Trinajstić information content (AvgIpc) is 2.83. The average molecular weight is 481 g/mol. The maximum absolute atomic E-state index is 13.1. The van der Waals surface area contributed by atoms with Gasteiger partial charge in [0, 0.05) is 40.4 Å². The lowest BCUT2D eigenvalue weighted by Crippen LogP contribution is -2.42. The van der Waals surface area contributed by atoms with Crippen molar-refractivity contribution in [3.8, 4) is 11.5 Å². The molecule has 2 aliphatic heterocycles. The van der Waals surface area contributed by atoms with E-state index in [-0.39, 0.29) is 24.0 Å². The number of amides is 1. The Labute approximate surface area is 207 Å². The van der Waals surface area contributed by atoms with Crippen LogP contribution in [0, 0.1) is 0 Å². The first-order valence-corrected chi connectivity index (χ1v) is 13.4. The number of fused-ring (bicyclic) bond motifs is 3. The van der Waals surface area contributed by atoms with Gasteiger partial charge < -0.3 is 14.4 Å². The van der Waals surface area contributed by atoms with Gasteiger partial charge in [0.1, 0.15) is 0 Å². The van der Waals surface area contributed by atoms with Gasteiger partial charge in [-0.05, 0) is 76.6 Å². The molecule has 1 amide bonds. The molecule has 0 aliphatic carbocycles. The summed E-state index contributed by atoms with van der Waals surface area (Å²) in [6.07, 6.45) is 1.07. The third kappa shape index (κ3) is 4.70. The fraction of sp³-hybridized carbons (Fsp3) is 0.500. The number of hydrogen-bond acceptors (Lipinski definition) is 5. The molecule has 0 unspecified atom stereocenters. The molecule has 2 aliphatic rings. The zero-order chi connectivity index (χ0) is 24.4. The van der Waals surface area contributed by atoms with Crippen LogP contribution in [0.1, 0.15) is 74.0 Å². The minimum atomic E-state index is 0.0647. The van der Waals surface area contributed by atoms with E-state index in [4.69, 9.17) is 14.5 Å². The van der Waals surface area contributed by atoms with Gasteiger partial charge in [-0.25, -0.2) is 0 Å². The Morgan fingerprint density at radius 2 is 1.82 bits per heavy atom. The summed E-state index contributed by atoms with van der Waals surface area (Å²) in [7, 11) is 1.68. The maximum Gasteiger partial charge on any atom is 0.254 e. The SMILES string of the molecule is CCOc1cc2c(cc1OC)C(c1ccc(C(=O)N(C(C)C)C(C)C)cc1)=N[C@@H]1CCSC[C@H]21. The normalized spacial score (nSPS) is 19.4. The number of ether oxygens (including phenoxy) is 2. The Hall–Kier alpha value is -2.47. The van der Waals surface area contributed by atoms with Crippen LogP contribution in [-0.2, 0) is 0 Å². The van der Waals surface area contributed by atoms with Crippen molar-refractivity contribution in [3.63, 3.8) is 0 Å². The third-order valence-corrected chi connectivity index (χ3v) is 7.78. The molecule has 2 aromatic rings. The van der Waals surface area contributed by atoms with Crippen LogP contribution < -0.4 is 9.47 Å². The zero-order valence-electron chi connectivity index (χ0n) is 21.1.